The van der Waals surface area contributed by atoms with E-state index >= 15 is 0 Å². The van der Waals surface area contributed by atoms with Gasteiger partial charge in [0, 0.05) is 4.47 Å². The average molecular weight is 347 g/mol. The molecule has 0 aliphatic carbocycles. The lowest BCUT2D eigenvalue weighted by atomic mass is 10.3. The molecular weight excluding hydrogens is 332 g/mol. The van der Waals surface area contributed by atoms with Gasteiger partial charge in [0.2, 0.25) is 0 Å². The first kappa shape index (κ1) is 14.1. The van der Waals surface area contributed by atoms with Gasteiger partial charge in [0.05, 0.1) is 17.6 Å². The van der Waals surface area contributed by atoms with Crippen LogP contribution in [0.2, 0.25) is 0 Å². The van der Waals surface area contributed by atoms with E-state index in [1.165, 1.54) is 0 Å². The van der Waals surface area contributed by atoms with Crippen LogP contribution in [0.15, 0.2) is 53.0 Å². The lowest BCUT2D eigenvalue weighted by molar-refractivity contribution is 0.255. The maximum atomic E-state index is 9.44. The van der Waals surface area contributed by atoms with Crippen molar-refractivity contribution in [3.05, 3.63) is 58.8 Å². The van der Waals surface area contributed by atoms with Gasteiger partial charge in [-0.2, -0.15) is 0 Å². The number of aliphatic hydroxyl groups excluding tert-OH is 1. The number of hydrogen-bond acceptors (Lipinski definition) is 3. The standard InChI is InChI=1S/C16H15BrN2O2/c17-12-5-7-13(8-6-12)21-10-9-19-15-4-2-1-3-14(15)18-16(19)11-20/h1-8,20H,9-11H2. The number of para-hydroxylation sites is 2. The van der Waals surface area contributed by atoms with Gasteiger partial charge >= 0.3 is 0 Å². The fourth-order valence-electron chi connectivity index (χ4n) is 2.28. The predicted molar refractivity (Wildman–Crippen MR) is 85.3 cm³/mol. The van der Waals surface area contributed by atoms with Gasteiger partial charge in [-0.1, -0.05) is 28.1 Å². The molecule has 0 saturated heterocycles. The Balaban J connectivity index is 1.74. The third-order valence-electron chi connectivity index (χ3n) is 3.27. The first-order valence-corrected chi connectivity index (χ1v) is 7.50. The molecule has 0 fully saturated rings. The molecular formula is C16H15BrN2O2. The summed E-state index contributed by atoms with van der Waals surface area (Å²) in [4.78, 5) is 4.42. The molecule has 108 valence electrons. The van der Waals surface area contributed by atoms with E-state index < -0.39 is 0 Å². The Morgan fingerprint density at radius 3 is 2.62 bits per heavy atom. The molecule has 0 unspecified atom stereocenters. The fourth-order valence-corrected chi connectivity index (χ4v) is 2.55. The van der Waals surface area contributed by atoms with Gasteiger partial charge in [-0.3, -0.25) is 0 Å². The van der Waals surface area contributed by atoms with E-state index in [2.05, 4.69) is 20.9 Å². The maximum absolute atomic E-state index is 9.44. The Morgan fingerprint density at radius 2 is 1.86 bits per heavy atom. The van der Waals surface area contributed by atoms with Crippen LogP contribution < -0.4 is 4.74 Å². The number of hydrogen-bond donors (Lipinski definition) is 1. The Bertz CT molecular complexity index is 738. The Hall–Kier alpha value is -1.85. The van der Waals surface area contributed by atoms with Crippen LogP contribution >= 0.6 is 15.9 Å². The number of imidazole rings is 1. The van der Waals surface area contributed by atoms with Crippen molar-refractivity contribution in [1.29, 1.82) is 0 Å². The minimum absolute atomic E-state index is 0.0764. The largest absolute Gasteiger partial charge is 0.492 e. The molecule has 0 bridgehead atoms. The molecule has 0 spiro atoms. The minimum atomic E-state index is -0.0764. The zero-order chi connectivity index (χ0) is 14.7. The molecule has 0 aliphatic heterocycles. The maximum Gasteiger partial charge on any atom is 0.135 e. The number of benzene rings is 2. The van der Waals surface area contributed by atoms with E-state index in [1.807, 2.05) is 53.1 Å². The summed E-state index contributed by atoms with van der Waals surface area (Å²) in [6.07, 6.45) is 0. The fraction of sp³-hybridized carbons (Fsp3) is 0.188. The average Bonchev–Trinajstić information content (AvgIpc) is 2.87. The van der Waals surface area contributed by atoms with E-state index in [9.17, 15) is 5.11 Å². The Kier molecular flexibility index (Phi) is 4.22. The first-order chi connectivity index (χ1) is 10.3. The second-order valence-electron chi connectivity index (χ2n) is 4.63. The summed E-state index contributed by atoms with van der Waals surface area (Å²) in [5, 5.41) is 9.44. The number of aliphatic hydroxyl groups is 1. The second-order valence-corrected chi connectivity index (χ2v) is 5.54. The molecule has 2 aromatic carbocycles. The van der Waals surface area contributed by atoms with Gasteiger partial charge in [0.1, 0.15) is 24.8 Å². The SMILES string of the molecule is OCc1nc2ccccc2n1CCOc1ccc(Br)cc1. The van der Waals surface area contributed by atoms with Crippen molar-refractivity contribution in [3.63, 3.8) is 0 Å². The molecule has 1 N–H and O–H groups in total. The third kappa shape index (κ3) is 3.09. The van der Waals surface area contributed by atoms with E-state index in [-0.39, 0.29) is 6.61 Å². The number of aromatic nitrogens is 2. The van der Waals surface area contributed by atoms with Crippen LogP contribution in [-0.2, 0) is 13.2 Å². The van der Waals surface area contributed by atoms with Crippen LogP contribution in [-0.4, -0.2) is 21.3 Å². The smallest absolute Gasteiger partial charge is 0.135 e. The van der Waals surface area contributed by atoms with Crippen molar-refractivity contribution < 1.29 is 9.84 Å². The summed E-state index contributed by atoms with van der Waals surface area (Å²) >= 11 is 3.40. The van der Waals surface area contributed by atoms with Crippen LogP contribution in [0.1, 0.15) is 5.82 Å². The molecule has 0 saturated carbocycles. The number of ether oxygens (including phenoxy) is 1. The zero-order valence-electron chi connectivity index (χ0n) is 11.4. The highest BCUT2D eigenvalue weighted by molar-refractivity contribution is 9.10. The van der Waals surface area contributed by atoms with Crippen molar-refractivity contribution in [2.24, 2.45) is 0 Å². The monoisotopic (exact) mass is 346 g/mol. The summed E-state index contributed by atoms with van der Waals surface area (Å²) in [6, 6.07) is 15.6. The molecule has 1 heterocycles. The zero-order valence-corrected chi connectivity index (χ0v) is 13.0. The van der Waals surface area contributed by atoms with Crippen molar-refractivity contribution >= 4 is 27.0 Å². The summed E-state index contributed by atoms with van der Waals surface area (Å²) in [5.74, 6) is 1.49. The highest BCUT2D eigenvalue weighted by Crippen LogP contribution is 2.18. The van der Waals surface area contributed by atoms with Crippen molar-refractivity contribution in [3.8, 4) is 5.75 Å². The summed E-state index contributed by atoms with van der Waals surface area (Å²) in [5.41, 5.74) is 1.91. The predicted octanol–water partition coefficient (Wildman–Crippen LogP) is 3.37. The summed E-state index contributed by atoms with van der Waals surface area (Å²) < 4.78 is 8.75. The first-order valence-electron chi connectivity index (χ1n) is 6.71. The quantitative estimate of drug-likeness (QED) is 0.770. The lowest BCUT2D eigenvalue weighted by Crippen LogP contribution is -2.11. The minimum Gasteiger partial charge on any atom is -0.492 e. The molecule has 0 radical (unpaired) electrons. The Morgan fingerprint density at radius 1 is 1.10 bits per heavy atom. The molecule has 0 atom stereocenters. The number of rotatable bonds is 5. The Labute approximate surface area is 131 Å². The lowest BCUT2D eigenvalue weighted by Gasteiger charge is -2.10. The van der Waals surface area contributed by atoms with Gasteiger partial charge < -0.3 is 14.4 Å². The van der Waals surface area contributed by atoms with E-state index in [0.29, 0.717) is 19.0 Å². The van der Waals surface area contributed by atoms with Gasteiger partial charge in [-0.05, 0) is 36.4 Å². The second kappa shape index (κ2) is 6.28. The van der Waals surface area contributed by atoms with Crippen LogP contribution in [0, 0.1) is 0 Å². The van der Waals surface area contributed by atoms with Crippen molar-refractivity contribution in [2.75, 3.05) is 6.61 Å². The normalized spacial score (nSPS) is 11.0. The number of halogens is 1. The molecule has 3 aromatic rings. The molecule has 21 heavy (non-hydrogen) atoms. The van der Waals surface area contributed by atoms with E-state index in [1.54, 1.807) is 0 Å². The van der Waals surface area contributed by atoms with E-state index in [0.717, 1.165) is 21.3 Å². The molecule has 5 heteroatoms. The highest BCUT2D eigenvalue weighted by Gasteiger charge is 2.09. The molecule has 0 aliphatic rings. The summed E-state index contributed by atoms with van der Waals surface area (Å²) in [7, 11) is 0. The molecule has 0 amide bonds. The number of nitrogens with zero attached hydrogens (tertiary/aromatic N) is 2. The van der Waals surface area contributed by atoms with Gasteiger partial charge in [-0.25, -0.2) is 4.98 Å². The molecule has 1 aromatic heterocycles. The van der Waals surface area contributed by atoms with E-state index in [4.69, 9.17) is 4.74 Å². The third-order valence-corrected chi connectivity index (χ3v) is 3.80. The number of fused-ring (bicyclic) bond motifs is 1. The van der Waals surface area contributed by atoms with Crippen molar-refractivity contribution in [1.82, 2.24) is 9.55 Å². The van der Waals surface area contributed by atoms with Crippen LogP contribution in [0.25, 0.3) is 11.0 Å². The van der Waals surface area contributed by atoms with Gasteiger partial charge in [0.25, 0.3) is 0 Å². The van der Waals surface area contributed by atoms with Crippen LogP contribution in [0.3, 0.4) is 0 Å². The van der Waals surface area contributed by atoms with Crippen LogP contribution in [0.4, 0.5) is 0 Å². The topological polar surface area (TPSA) is 47.3 Å². The van der Waals surface area contributed by atoms with Gasteiger partial charge in [-0.15, -0.1) is 0 Å². The summed E-state index contributed by atoms with van der Waals surface area (Å²) in [6.45, 7) is 1.09. The molecule has 3 rings (SSSR count). The van der Waals surface area contributed by atoms with Gasteiger partial charge in [0.15, 0.2) is 0 Å². The van der Waals surface area contributed by atoms with Crippen molar-refractivity contribution in [2.45, 2.75) is 13.2 Å². The highest BCUT2D eigenvalue weighted by atomic mass is 79.9. The van der Waals surface area contributed by atoms with Crippen LogP contribution in [0.5, 0.6) is 5.75 Å². The molecule has 4 nitrogen and oxygen atoms in total.